The predicted molar refractivity (Wildman–Crippen MR) is 79.5 cm³/mol. The molecule has 1 aromatic carbocycles. The Morgan fingerprint density at radius 2 is 2.24 bits per heavy atom. The molecule has 116 valence electrons. The van der Waals surface area contributed by atoms with Crippen LogP contribution in [0.5, 0.6) is 5.75 Å². The van der Waals surface area contributed by atoms with Gasteiger partial charge in [0, 0.05) is 30.8 Å². The molecule has 0 saturated heterocycles. The van der Waals surface area contributed by atoms with E-state index in [0.717, 1.165) is 24.1 Å². The summed E-state index contributed by atoms with van der Waals surface area (Å²) in [7, 11) is 0. The van der Waals surface area contributed by atoms with Crippen LogP contribution >= 0.6 is 0 Å². The molecule has 21 heavy (non-hydrogen) atoms. The zero-order valence-electron chi connectivity index (χ0n) is 12.0. The van der Waals surface area contributed by atoms with Crippen molar-refractivity contribution in [2.45, 2.75) is 25.4 Å². The smallest absolute Gasteiger partial charge is 0.224 e. The van der Waals surface area contributed by atoms with Crippen LogP contribution in [-0.4, -0.2) is 48.5 Å². The number of rotatable bonds is 7. The van der Waals surface area contributed by atoms with Crippen molar-refractivity contribution in [3.63, 3.8) is 0 Å². The van der Waals surface area contributed by atoms with Gasteiger partial charge in [0.25, 0.3) is 0 Å². The largest absolute Gasteiger partial charge is 0.490 e. The molecule has 0 saturated carbocycles. The summed E-state index contributed by atoms with van der Waals surface area (Å²) in [5, 5.41) is 24.2. The number of hydrogen-bond acceptors (Lipinski definition) is 5. The van der Waals surface area contributed by atoms with E-state index in [1.807, 2.05) is 18.2 Å². The first-order valence-corrected chi connectivity index (χ1v) is 7.25. The standard InChI is InChI=1S/C15H22N2O4/c18-8-7-16-9-11(19)10-21-14-5-2-4-13-12(14)3-1-6-15(20)17-13/h2,4-5,11,16,18-19H,1,3,6-10H2,(H,17,20). The molecule has 0 aromatic heterocycles. The Hall–Kier alpha value is -1.63. The van der Waals surface area contributed by atoms with Gasteiger partial charge in [0.2, 0.25) is 5.91 Å². The number of ether oxygens (including phenoxy) is 1. The third kappa shape index (κ3) is 4.70. The fraction of sp³-hybridized carbons (Fsp3) is 0.533. The molecule has 1 atom stereocenters. The Balaban J connectivity index is 1.94. The number of aliphatic hydroxyl groups excluding tert-OH is 2. The molecular formula is C15H22N2O4. The molecule has 1 aromatic rings. The van der Waals surface area contributed by atoms with Crippen molar-refractivity contribution in [1.29, 1.82) is 0 Å². The summed E-state index contributed by atoms with van der Waals surface area (Å²) in [6, 6.07) is 5.55. The van der Waals surface area contributed by atoms with E-state index in [9.17, 15) is 9.90 Å². The van der Waals surface area contributed by atoms with Crippen molar-refractivity contribution in [2.75, 3.05) is 31.6 Å². The average Bonchev–Trinajstić information content (AvgIpc) is 2.66. The molecular weight excluding hydrogens is 272 g/mol. The summed E-state index contributed by atoms with van der Waals surface area (Å²) in [5.41, 5.74) is 1.78. The lowest BCUT2D eigenvalue weighted by atomic mass is 10.1. The Bertz CT molecular complexity index is 479. The Kier molecular flexibility index (Phi) is 5.98. The summed E-state index contributed by atoms with van der Waals surface area (Å²) >= 11 is 0. The van der Waals surface area contributed by atoms with Gasteiger partial charge in [0.05, 0.1) is 6.61 Å². The molecule has 0 bridgehead atoms. The van der Waals surface area contributed by atoms with Crippen LogP contribution in [0.15, 0.2) is 18.2 Å². The predicted octanol–water partition coefficient (Wildman–Crippen LogP) is 0.283. The zero-order valence-corrected chi connectivity index (χ0v) is 12.0. The van der Waals surface area contributed by atoms with Gasteiger partial charge in [-0.1, -0.05) is 6.07 Å². The van der Waals surface area contributed by atoms with Gasteiger partial charge >= 0.3 is 0 Å². The molecule has 1 heterocycles. The Morgan fingerprint density at radius 3 is 3.05 bits per heavy atom. The molecule has 2 rings (SSSR count). The van der Waals surface area contributed by atoms with Gasteiger partial charge in [-0.05, 0) is 25.0 Å². The Morgan fingerprint density at radius 1 is 1.38 bits per heavy atom. The number of fused-ring (bicyclic) bond motifs is 1. The van der Waals surface area contributed by atoms with Crippen LogP contribution in [0.1, 0.15) is 18.4 Å². The molecule has 6 nitrogen and oxygen atoms in total. The molecule has 1 aliphatic rings. The van der Waals surface area contributed by atoms with Gasteiger partial charge < -0.3 is 25.6 Å². The normalized spacial score (nSPS) is 15.8. The molecule has 1 unspecified atom stereocenters. The summed E-state index contributed by atoms with van der Waals surface area (Å²) < 4.78 is 5.68. The number of carbonyl (C=O) groups is 1. The maximum atomic E-state index is 11.5. The third-order valence-corrected chi connectivity index (χ3v) is 3.34. The second-order valence-electron chi connectivity index (χ2n) is 5.08. The maximum Gasteiger partial charge on any atom is 0.224 e. The summed E-state index contributed by atoms with van der Waals surface area (Å²) in [6.45, 7) is 1.03. The fourth-order valence-corrected chi connectivity index (χ4v) is 2.31. The van der Waals surface area contributed by atoms with Crippen LogP contribution in [0.2, 0.25) is 0 Å². The van der Waals surface area contributed by atoms with Crippen LogP contribution in [0.25, 0.3) is 0 Å². The van der Waals surface area contributed by atoms with Crippen molar-refractivity contribution in [3.05, 3.63) is 23.8 Å². The van der Waals surface area contributed by atoms with Crippen molar-refractivity contribution < 1.29 is 19.7 Å². The summed E-state index contributed by atoms with van der Waals surface area (Å²) in [6.07, 6.45) is 1.44. The molecule has 0 fully saturated rings. The monoisotopic (exact) mass is 294 g/mol. The lowest BCUT2D eigenvalue weighted by Gasteiger charge is -2.16. The van der Waals surface area contributed by atoms with E-state index in [-0.39, 0.29) is 19.1 Å². The molecule has 0 radical (unpaired) electrons. The minimum atomic E-state index is -0.646. The molecule has 1 aliphatic heterocycles. The van der Waals surface area contributed by atoms with E-state index in [2.05, 4.69) is 10.6 Å². The van der Waals surface area contributed by atoms with E-state index in [1.54, 1.807) is 0 Å². The minimum Gasteiger partial charge on any atom is -0.490 e. The van der Waals surface area contributed by atoms with Crippen molar-refractivity contribution in [1.82, 2.24) is 5.32 Å². The highest BCUT2D eigenvalue weighted by Gasteiger charge is 2.17. The number of amides is 1. The second-order valence-corrected chi connectivity index (χ2v) is 5.08. The first-order chi connectivity index (χ1) is 10.2. The van der Waals surface area contributed by atoms with E-state index in [4.69, 9.17) is 9.84 Å². The summed E-state index contributed by atoms with van der Waals surface area (Å²) in [4.78, 5) is 11.5. The molecule has 6 heteroatoms. The average molecular weight is 294 g/mol. The number of aliphatic hydroxyl groups is 2. The number of anilines is 1. The quantitative estimate of drug-likeness (QED) is 0.542. The van der Waals surface area contributed by atoms with Crippen LogP contribution in [0.4, 0.5) is 5.69 Å². The van der Waals surface area contributed by atoms with E-state index in [0.29, 0.717) is 25.3 Å². The number of hydrogen-bond donors (Lipinski definition) is 4. The van der Waals surface area contributed by atoms with Crippen molar-refractivity contribution in [2.24, 2.45) is 0 Å². The van der Waals surface area contributed by atoms with Crippen molar-refractivity contribution in [3.8, 4) is 5.75 Å². The summed E-state index contributed by atoms with van der Waals surface area (Å²) in [5.74, 6) is 0.732. The number of benzene rings is 1. The SMILES string of the molecule is O=C1CCCc2c(cccc2OCC(O)CNCCO)N1. The van der Waals surface area contributed by atoms with Crippen LogP contribution < -0.4 is 15.4 Å². The first kappa shape index (κ1) is 15.8. The lowest BCUT2D eigenvalue weighted by molar-refractivity contribution is -0.116. The second kappa shape index (κ2) is 7.97. The molecule has 0 aliphatic carbocycles. The van der Waals surface area contributed by atoms with Crippen LogP contribution in [0, 0.1) is 0 Å². The van der Waals surface area contributed by atoms with Gasteiger partial charge in [-0.3, -0.25) is 4.79 Å². The van der Waals surface area contributed by atoms with Gasteiger partial charge in [0.15, 0.2) is 0 Å². The van der Waals surface area contributed by atoms with Crippen LogP contribution in [0.3, 0.4) is 0 Å². The highest BCUT2D eigenvalue weighted by molar-refractivity contribution is 5.92. The van der Waals surface area contributed by atoms with Crippen LogP contribution in [-0.2, 0) is 11.2 Å². The van der Waals surface area contributed by atoms with Gasteiger partial charge in [-0.25, -0.2) is 0 Å². The molecule has 1 amide bonds. The topological polar surface area (TPSA) is 90.8 Å². The molecule has 4 N–H and O–H groups in total. The highest BCUT2D eigenvalue weighted by atomic mass is 16.5. The first-order valence-electron chi connectivity index (χ1n) is 7.25. The fourth-order valence-electron chi connectivity index (χ4n) is 2.31. The third-order valence-electron chi connectivity index (χ3n) is 3.34. The van der Waals surface area contributed by atoms with Gasteiger partial charge in [-0.15, -0.1) is 0 Å². The van der Waals surface area contributed by atoms with Crippen molar-refractivity contribution >= 4 is 11.6 Å². The number of nitrogens with one attached hydrogen (secondary N) is 2. The zero-order chi connectivity index (χ0) is 15.1. The van der Waals surface area contributed by atoms with E-state index < -0.39 is 6.10 Å². The van der Waals surface area contributed by atoms with E-state index in [1.165, 1.54) is 0 Å². The molecule has 0 spiro atoms. The van der Waals surface area contributed by atoms with Gasteiger partial charge in [0.1, 0.15) is 18.5 Å². The maximum absolute atomic E-state index is 11.5. The van der Waals surface area contributed by atoms with Gasteiger partial charge in [-0.2, -0.15) is 0 Å². The number of carbonyl (C=O) groups excluding carboxylic acids is 1. The Labute approximate surface area is 124 Å². The van der Waals surface area contributed by atoms with E-state index >= 15 is 0 Å². The minimum absolute atomic E-state index is 0.0270. The lowest BCUT2D eigenvalue weighted by Crippen LogP contribution is -2.33. The highest BCUT2D eigenvalue weighted by Crippen LogP contribution is 2.30.